The van der Waals surface area contributed by atoms with Crippen LogP contribution in [-0.4, -0.2) is 65.9 Å². The second-order valence-corrected chi connectivity index (χ2v) is 5.26. The van der Waals surface area contributed by atoms with Crippen LogP contribution in [0.2, 0.25) is 0 Å². The number of hydrogen-bond donors (Lipinski definition) is 1. The zero-order valence-electron chi connectivity index (χ0n) is 13.6. The molecule has 1 rings (SSSR count). The second kappa shape index (κ2) is 9.28. The first-order chi connectivity index (χ1) is 10.1. The van der Waals surface area contributed by atoms with Gasteiger partial charge < -0.3 is 15.1 Å². The highest BCUT2D eigenvalue weighted by Gasteiger charge is 2.15. The molecule has 1 amide bonds. The van der Waals surface area contributed by atoms with Gasteiger partial charge in [-0.25, -0.2) is 9.97 Å². The molecule has 1 heterocycles. The van der Waals surface area contributed by atoms with Gasteiger partial charge in [-0.1, -0.05) is 6.92 Å². The Hall–Kier alpha value is -1.69. The summed E-state index contributed by atoms with van der Waals surface area (Å²) in [6.07, 6.45) is 5.15. The van der Waals surface area contributed by atoms with Gasteiger partial charge in [0.2, 0.25) is 0 Å². The average molecular weight is 293 g/mol. The second-order valence-electron chi connectivity index (χ2n) is 5.26. The summed E-state index contributed by atoms with van der Waals surface area (Å²) in [7, 11) is 4.07. The number of amides is 1. The van der Waals surface area contributed by atoms with Gasteiger partial charge >= 0.3 is 0 Å². The number of rotatable bonds is 9. The van der Waals surface area contributed by atoms with E-state index in [2.05, 4.69) is 27.1 Å². The maximum atomic E-state index is 12.4. The molecule has 118 valence electrons. The van der Waals surface area contributed by atoms with Gasteiger partial charge in [0.15, 0.2) is 0 Å². The highest BCUT2D eigenvalue weighted by atomic mass is 16.2. The molecule has 0 spiro atoms. The van der Waals surface area contributed by atoms with E-state index in [4.69, 9.17) is 0 Å². The number of carbonyl (C=O) groups excluding carboxylic acids is 1. The largest absolute Gasteiger partial charge is 0.369 e. The SMILES string of the molecule is CCCNc1cnc(C(=O)N(CC)CCCN(C)C)cn1. The molecule has 6 nitrogen and oxygen atoms in total. The highest BCUT2D eigenvalue weighted by molar-refractivity contribution is 5.92. The van der Waals surface area contributed by atoms with Crippen molar-refractivity contribution in [3.8, 4) is 0 Å². The number of carbonyl (C=O) groups is 1. The minimum absolute atomic E-state index is 0.0502. The van der Waals surface area contributed by atoms with Gasteiger partial charge in [0, 0.05) is 19.6 Å². The fourth-order valence-electron chi connectivity index (χ4n) is 1.93. The summed E-state index contributed by atoms with van der Waals surface area (Å²) in [5.41, 5.74) is 0.406. The van der Waals surface area contributed by atoms with E-state index in [0.717, 1.165) is 32.5 Å². The Balaban J connectivity index is 2.58. The first-order valence-electron chi connectivity index (χ1n) is 7.58. The molecule has 0 bridgehead atoms. The Morgan fingerprint density at radius 2 is 1.95 bits per heavy atom. The van der Waals surface area contributed by atoms with Crippen LogP contribution in [0.25, 0.3) is 0 Å². The first-order valence-corrected chi connectivity index (χ1v) is 7.58. The molecule has 0 saturated carbocycles. The van der Waals surface area contributed by atoms with E-state index in [0.29, 0.717) is 18.1 Å². The quantitative estimate of drug-likeness (QED) is 0.751. The van der Waals surface area contributed by atoms with E-state index in [1.54, 1.807) is 12.4 Å². The van der Waals surface area contributed by atoms with Crippen molar-refractivity contribution in [2.45, 2.75) is 26.7 Å². The van der Waals surface area contributed by atoms with Crippen LogP contribution in [0.3, 0.4) is 0 Å². The Morgan fingerprint density at radius 3 is 2.48 bits per heavy atom. The van der Waals surface area contributed by atoms with Crippen molar-refractivity contribution in [2.24, 2.45) is 0 Å². The first kappa shape index (κ1) is 17.4. The Bertz CT molecular complexity index is 419. The predicted octanol–water partition coefficient (Wildman–Crippen LogP) is 1.71. The third kappa shape index (κ3) is 6.08. The molecule has 21 heavy (non-hydrogen) atoms. The van der Waals surface area contributed by atoms with Crippen LogP contribution in [0.5, 0.6) is 0 Å². The summed E-state index contributed by atoms with van der Waals surface area (Å²) in [6.45, 7) is 7.32. The van der Waals surface area contributed by atoms with E-state index in [1.165, 1.54) is 0 Å². The fourth-order valence-corrected chi connectivity index (χ4v) is 1.93. The molecule has 0 aliphatic heterocycles. The Kier molecular flexibility index (Phi) is 7.68. The lowest BCUT2D eigenvalue weighted by Gasteiger charge is -2.21. The van der Waals surface area contributed by atoms with Gasteiger partial charge in [0.05, 0.1) is 12.4 Å². The van der Waals surface area contributed by atoms with Crippen LogP contribution in [-0.2, 0) is 0 Å². The predicted molar refractivity (Wildman–Crippen MR) is 85.6 cm³/mol. The minimum Gasteiger partial charge on any atom is -0.369 e. The van der Waals surface area contributed by atoms with Crippen molar-refractivity contribution >= 4 is 11.7 Å². The number of nitrogens with one attached hydrogen (secondary N) is 1. The van der Waals surface area contributed by atoms with Gasteiger partial charge in [-0.05, 0) is 40.4 Å². The number of hydrogen-bond acceptors (Lipinski definition) is 5. The molecule has 0 fully saturated rings. The van der Waals surface area contributed by atoms with Crippen LogP contribution in [0.4, 0.5) is 5.82 Å². The molecule has 0 unspecified atom stereocenters. The maximum Gasteiger partial charge on any atom is 0.274 e. The van der Waals surface area contributed by atoms with Crippen molar-refractivity contribution in [1.29, 1.82) is 0 Å². The van der Waals surface area contributed by atoms with Gasteiger partial charge in [0.1, 0.15) is 11.5 Å². The maximum absolute atomic E-state index is 12.4. The Morgan fingerprint density at radius 1 is 1.19 bits per heavy atom. The van der Waals surface area contributed by atoms with Gasteiger partial charge in [-0.2, -0.15) is 0 Å². The van der Waals surface area contributed by atoms with Gasteiger partial charge in [-0.3, -0.25) is 4.79 Å². The van der Waals surface area contributed by atoms with Gasteiger partial charge in [0.25, 0.3) is 5.91 Å². The molecule has 1 N–H and O–H groups in total. The van der Waals surface area contributed by atoms with Crippen LogP contribution in [0, 0.1) is 0 Å². The highest BCUT2D eigenvalue weighted by Crippen LogP contribution is 2.05. The number of nitrogens with zero attached hydrogens (tertiary/aromatic N) is 4. The zero-order chi connectivity index (χ0) is 15.7. The van der Waals surface area contributed by atoms with Crippen molar-refractivity contribution in [3.05, 3.63) is 18.1 Å². The smallest absolute Gasteiger partial charge is 0.274 e. The molecule has 1 aromatic heterocycles. The van der Waals surface area contributed by atoms with Crippen LogP contribution >= 0.6 is 0 Å². The number of anilines is 1. The molecular formula is C15H27N5O. The molecule has 0 aliphatic carbocycles. The molecule has 0 atom stereocenters. The molecule has 0 radical (unpaired) electrons. The van der Waals surface area contributed by atoms with E-state index in [-0.39, 0.29) is 5.91 Å². The molecule has 0 aromatic carbocycles. The molecule has 6 heteroatoms. The fraction of sp³-hybridized carbons (Fsp3) is 0.667. The summed E-state index contributed by atoms with van der Waals surface area (Å²) in [5.74, 6) is 0.662. The van der Waals surface area contributed by atoms with Crippen LogP contribution in [0.1, 0.15) is 37.2 Å². The van der Waals surface area contributed by atoms with Crippen molar-refractivity contribution in [1.82, 2.24) is 19.8 Å². The minimum atomic E-state index is -0.0502. The van der Waals surface area contributed by atoms with Crippen LogP contribution in [0.15, 0.2) is 12.4 Å². The summed E-state index contributed by atoms with van der Waals surface area (Å²) in [6, 6.07) is 0. The molecule has 0 aliphatic rings. The standard InChI is InChI=1S/C15H27N5O/c1-5-8-16-14-12-17-13(11-18-14)15(21)20(6-2)10-7-9-19(3)4/h11-12H,5-10H2,1-4H3,(H,16,18). The van der Waals surface area contributed by atoms with E-state index in [9.17, 15) is 4.79 Å². The van der Waals surface area contributed by atoms with E-state index in [1.807, 2.05) is 25.9 Å². The van der Waals surface area contributed by atoms with Crippen LogP contribution < -0.4 is 5.32 Å². The number of aromatic nitrogens is 2. The van der Waals surface area contributed by atoms with E-state index < -0.39 is 0 Å². The molecule has 0 saturated heterocycles. The molecule has 1 aromatic rings. The lowest BCUT2D eigenvalue weighted by atomic mass is 10.3. The molecular weight excluding hydrogens is 266 g/mol. The average Bonchev–Trinajstić information content (AvgIpc) is 2.49. The third-order valence-electron chi connectivity index (χ3n) is 3.13. The lowest BCUT2D eigenvalue weighted by molar-refractivity contribution is 0.0753. The monoisotopic (exact) mass is 293 g/mol. The van der Waals surface area contributed by atoms with Crippen molar-refractivity contribution in [3.63, 3.8) is 0 Å². The normalized spacial score (nSPS) is 10.7. The topological polar surface area (TPSA) is 61.4 Å². The zero-order valence-corrected chi connectivity index (χ0v) is 13.6. The van der Waals surface area contributed by atoms with Crippen molar-refractivity contribution in [2.75, 3.05) is 45.6 Å². The van der Waals surface area contributed by atoms with E-state index >= 15 is 0 Å². The third-order valence-corrected chi connectivity index (χ3v) is 3.13. The summed E-state index contributed by atoms with van der Waals surface area (Å²) in [4.78, 5) is 24.7. The van der Waals surface area contributed by atoms with Crippen molar-refractivity contribution < 1.29 is 4.79 Å². The summed E-state index contributed by atoms with van der Waals surface area (Å²) >= 11 is 0. The summed E-state index contributed by atoms with van der Waals surface area (Å²) in [5, 5.41) is 3.15. The Labute approximate surface area is 127 Å². The lowest BCUT2D eigenvalue weighted by Crippen LogP contribution is -2.33. The van der Waals surface area contributed by atoms with Gasteiger partial charge in [-0.15, -0.1) is 0 Å². The summed E-state index contributed by atoms with van der Waals surface area (Å²) < 4.78 is 0.